The molecule has 0 unspecified atom stereocenters. The molecule has 1 aromatic heterocycles. The predicted octanol–water partition coefficient (Wildman–Crippen LogP) is 6.39. The molecule has 12 heteroatoms. The van der Waals surface area contributed by atoms with E-state index in [9.17, 15) is 39.5 Å². The zero-order valence-electron chi connectivity index (χ0n) is 14.7. The van der Waals surface area contributed by atoms with Gasteiger partial charge in [-0.25, -0.2) is 9.97 Å². The Hall–Kier alpha value is -1.34. The summed E-state index contributed by atoms with van der Waals surface area (Å²) in [6.07, 6.45) is -6.89. The first kappa shape index (κ1) is 22.9. The smallest absolute Gasteiger partial charge is 0.241 e. The zero-order valence-corrected chi connectivity index (χ0v) is 16.8. The Balaban J connectivity index is 2.85. The Kier molecular flexibility index (Phi) is 5.40. The van der Waals surface area contributed by atoms with E-state index in [1.54, 1.807) is 20.8 Å². The van der Waals surface area contributed by atoms with Crippen molar-refractivity contribution >= 4 is 33.6 Å². The Labute approximate surface area is 166 Å². The first-order valence-corrected chi connectivity index (χ1v) is 8.61. The average molecular weight is 530 g/mol. The Bertz CT molecular complexity index is 952. The van der Waals surface area contributed by atoms with Crippen LogP contribution < -0.4 is 0 Å². The van der Waals surface area contributed by atoms with Gasteiger partial charge in [0.2, 0.25) is 0 Å². The van der Waals surface area contributed by atoms with Gasteiger partial charge in [-0.1, -0.05) is 0 Å². The summed E-state index contributed by atoms with van der Waals surface area (Å²) in [6.45, 7) is 6.29. The molecule has 0 saturated carbocycles. The summed E-state index contributed by atoms with van der Waals surface area (Å²) in [6, 6.07) is 0. The molecule has 0 bridgehead atoms. The van der Waals surface area contributed by atoms with E-state index in [1.165, 1.54) is 6.92 Å². The molecule has 0 saturated heterocycles. The van der Waals surface area contributed by atoms with E-state index in [4.69, 9.17) is 0 Å². The Morgan fingerprint density at radius 2 is 1.00 bits per heavy atom. The van der Waals surface area contributed by atoms with Crippen LogP contribution in [-0.4, -0.2) is 28.0 Å². The highest BCUT2D eigenvalue weighted by atomic mass is 127. The molecular weight excluding hydrogens is 518 g/mol. The van der Waals surface area contributed by atoms with Crippen molar-refractivity contribution in [2.75, 3.05) is 0 Å². The van der Waals surface area contributed by atoms with E-state index >= 15 is 0 Å². The molecule has 2 nitrogen and oxygen atoms in total. The van der Waals surface area contributed by atoms with Crippen LogP contribution in [0.2, 0.25) is 0 Å². The fourth-order valence-electron chi connectivity index (χ4n) is 2.58. The molecule has 0 aliphatic carbocycles. The quantitative estimate of drug-likeness (QED) is 0.340. The Morgan fingerprint density at radius 3 is 1.39 bits per heavy atom. The number of alkyl halides is 9. The van der Waals surface area contributed by atoms with Gasteiger partial charge in [-0.2, -0.15) is 39.5 Å². The third-order valence-electron chi connectivity index (χ3n) is 4.69. The first-order valence-electron chi connectivity index (χ1n) is 7.53. The lowest BCUT2D eigenvalue weighted by Crippen LogP contribution is -2.60. The van der Waals surface area contributed by atoms with Crippen LogP contribution in [0, 0.1) is 31.4 Å². The van der Waals surface area contributed by atoms with E-state index in [-0.39, 0.29) is 16.6 Å². The van der Waals surface area contributed by atoms with Gasteiger partial charge in [-0.05, 0) is 72.5 Å². The van der Waals surface area contributed by atoms with Crippen molar-refractivity contribution in [2.24, 2.45) is 0 Å². The van der Waals surface area contributed by atoms with Crippen molar-refractivity contribution in [3.8, 4) is 0 Å². The molecule has 1 heterocycles. The average Bonchev–Trinajstić information content (AvgIpc) is 2.56. The van der Waals surface area contributed by atoms with Crippen molar-refractivity contribution in [3.63, 3.8) is 0 Å². The number of halogens is 10. The van der Waals surface area contributed by atoms with E-state index < -0.39 is 33.3 Å². The predicted molar refractivity (Wildman–Crippen MR) is 91.0 cm³/mol. The lowest BCUT2D eigenvalue weighted by molar-refractivity contribution is -0.400. The van der Waals surface area contributed by atoms with Gasteiger partial charge in [-0.15, -0.1) is 0 Å². The number of aryl methyl sites for hydroxylation is 2. The maximum Gasteiger partial charge on any atom is 0.460 e. The molecule has 0 radical (unpaired) electrons. The molecule has 0 N–H and O–H groups in total. The SMILES string of the molecule is Cc1c(C)c(C)c2nc(C(F)(F)C(F)(F)C(F)(F)C(F)(F)F)c(I)nc2c1C. The molecule has 0 spiro atoms. The largest absolute Gasteiger partial charge is 0.460 e. The van der Waals surface area contributed by atoms with Crippen molar-refractivity contribution in [3.05, 3.63) is 31.6 Å². The van der Waals surface area contributed by atoms with Gasteiger partial charge in [-0.3, -0.25) is 0 Å². The van der Waals surface area contributed by atoms with Gasteiger partial charge in [0.05, 0.1) is 11.0 Å². The summed E-state index contributed by atoms with van der Waals surface area (Å²) in [5, 5.41) is 0. The normalized spacial score (nSPS) is 14.1. The number of aromatic nitrogens is 2. The summed E-state index contributed by atoms with van der Waals surface area (Å²) in [5.41, 5.74) is -0.0982. The third-order valence-corrected chi connectivity index (χ3v) is 5.45. The molecule has 2 aromatic rings. The van der Waals surface area contributed by atoms with Gasteiger partial charge >= 0.3 is 23.9 Å². The lowest BCUT2D eigenvalue weighted by Gasteiger charge is -2.33. The molecular formula is C16H12F9IN2. The van der Waals surface area contributed by atoms with Crippen LogP contribution >= 0.6 is 22.6 Å². The molecule has 1 aromatic carbocycles. The first-order chi connectivity index (χ1) is 12.4. The summed E-state index contributed by atoms with van der Waals surface area (Å²) in [7, 11) is 0. The summed E-state index contributed by atoms with van der Waals surface area (Å²) in [4.78, 5) is 7.12. The highest BCUT2D eigenvalue weighted by Crippen LogP contribution is 2.56. The monoisotopic (exact) mass is 530 g/mol. The minimum atomic E-state index is -6.99. The second-order valence-electron chi connectivity index (χ2n) is 6.28. The number of benzene rings is 1. The van der Waals surface area contributed by atoms with Crippen LogP contribution in [0.5, 0.6) is 0 Å². The second-order valence-corrected chi connectivity index (χ2v) is 7.30. The molecule has 0 aliphatic heterocycles. The van der Waals surface area contributed by atoms with Crippen molar-refractivity contribution in [1.29, 1.82) is 0 Å². The fraction of sp³-hybridized carbons (Fsp3) is 0.500. The fourth-order valence-corrected chi connectivity index (χ4v) is 3.28. The minimum absolute atomic E-state index is 0.0652. The van der Waals surface area contributed by atoms with E-state index in [1.807, 2.05) is 0 Å². The standard InChI is InChI=1S/C16H12F9IN2/c1-5-6(2)8(4)10-9(7(5)3)27-11(12(26)28-10)13(17,18)14(19,20)15(21,22)16(23,24)25/h1-4H3. The van der Waals surface area contributed by atoms with Gasteiger partial charge < -0.3 is 0 Å². The highest BCUT2D eigenvalue weighted by molar-refractivity contribution is 14.1. The van der Waals surface area contributed by atoms with Gasteiger partial charge in [0.1, 0.15) is 9.39 Å². The van der Waals surface area contributed by atoms with Crippen LogP contribution in [0.15, 0.2) is 0 Å². The number of hydrogen-bond donors (Lipinski definition) is 0. The van der Waals surface area contributed by atoms with Gasteiger partial charge in [0.15, 0.2) is 0 Å². The lowest BCUT2D eigenvalue weighted by atomic mass is 9.96. The van der Waals surface area contributed by atoms with E-state index in [0.717, 1.165) is 28.2 Å². The molecule has 0 amide bonds. The zero-order chi connectivity index (χ0) is 22.0. The second kappa shape index (κ2) is 6.59. The van der Waals surface area contributed by atoms with Crippen molar-refractivity contribution in [1.82, 2.24) is 9.97 Å². The minimum Gasteiger partial charge on any atom is -0.241 e. The molecule has 0 atom stereocenters. The molecule has 0 aliphatic rings. The molecule has 156 valence electrons. The highest BCUT2D eigenvalue weighted by Gasteiger charge is 2.82. The third kappa shape index (κ3) is 3.02. The maximum absolute atomic E-state index is 14.3. The maximum atomic E-state index is 14.3. The summed E-state index contributed by atoms with van der Waals surface area (Å²) >= 11 is 1.06. The number of nitrogens with zero attached hydrogens (tertiary/aromatic N) is 2. The summed E-state index contributed by atoms with van der Waals surface area (Å²) in [5.74, 6) is -19.7. The Morgan fingerprint density at radius 1 is 0.607 bits per heavy atom. The van der Waals surface area contributed by atoms with E-state index in [0.29, 0.717) is 11.1 Å². The summed E-state index contributed by atoms with van der Waals surface area (Å²) < 4.78 is 119. The van der Waals surface area contributed by atoms with Gasteiger partial charge in [0.25, 0.3) is 0 Å². The van der Waals surface area contributed by atoms with Crippen LogP contribution in [0.3, 0.4) is 0 Å². The number of hydrogen-bond acceptors (Lipinski definition) is 2. The molecule has 28 heavy (non-hydrogen) atoms. The topological polar surface area (TPSA) is 25.8 Å². The molecule has 2 rings (SSSR count). The van der Waals surface area contributed by atoms with Crippen molar-refractivity contribution < 1.29 is 39.5 Å². The van der Waals surface area contributed by atoms with E-state index in [2.05, 4.69) is 9.97 Å². The molecule has 0 fully saturated rings. The van der Waals surface area contributed by atoms with Crippen LogP contribution in [-0.2, 0) is 5.92 Å². The number of rotatable bonds is 3. The van der Waals surface area contributed by atoms with Gasteiger partial charge in [0, 0.05) is 0 Å². The van der Waals surface area contributed by atoms with Crippen LogP contribution in [0.25, 0.3) is 11.0 Å². The van der Waals surface area contributed by atoms with Crippen LogP contribution in [0.4, 0.5) is 39.5 Å². The number of fused-ring (bicyclic) bond motifs is 1. The van der Waals surface area contributed by atoms with Crippen molar-refractivity contribution in [2.45, 2.75) is 51.6 Å². The van der Waals surface area contributed by atoms with Crippen LogP contribution in [0.1, 0.15) is 27.9 Å².